The third kappa shape index (κ3) is 2.74. The topological polar surface area (TPSA) is 87.8 Å². The normalized spacial score (nSPS) is 11.1. The summed E-state index contributed by atoms with van der Waals surface area (Å²) < 4.78 is 0. The number of carbonyl (C=O) groups is 1. The molecule has 1 aromatic carbocycles. The Bertz CT molecular complexity index is 355. The van der Waals surface area contributed by atoms with Gasteiger partial charge in [0.15, 0.2) is 0 Å². The van der Waals surface area contributed by atoms with E-state index in [1.165, 1.54) is 31.3 Å². The highest BCUT2D eigenvalue weighted by Gasteiger charge is 2.02. The fourth-order valence-corrected chi connectivity index (χ4v) is 0.815. The van der Waals surface area contributed by atoms with Gasteiger partial charge in [0.2, 0.25) is 0 Å². The van der Waals surface area contributed by atoms with Gasteiger partial charge in [-0.2, -0.15) is 4.86 Å². The van der Waals surface area contributed by atoms with Crippen molar-refractivity contribution in [3.63, 3.8) is 0 Å². The van der Waals surface area contributed by atoms with Crippen LogP contribution in [-0.2, 0) is 0 Å². The molecule has 0 spiro atoms. The molecular formula is C8H9N3O3. The average molecular weight is 195 g/mol. The van der Waals surface area contributed by atoms with Crippen LogP contribution in [0.15, 0.2) is 29.5 Å². The molecule has 0 atom stereocenters. The smallest absolute Gasteiger partial charge is 0.335 e. The predicted molar refractivity (Wildman–Crippen MR) is 49.0 cm³/mol. The Morgan fingerprint density at radius 1 is 1.50 bits per heavy atom. The quantitative estimate of drug-likeness (QED) is 0.432. The Morgan fingerprint density at radius 3 is 2.50 bits per heavy atom. The van der Waals surface area contributed by atoms with Crippen molar-refractivity contribution in [2.75, 3.05) is 12.5 Å². The van der Waals surface area contributed by atoms with Crippen molar-refractivity contribution >= 4 is 11.7 Å². The van der Waals surface area contributed by atoms with Gasteiger partial charge in [-0.15, -0.1) is 5.43 Å². The molecule has 74 valence electrons. The summed E-state index contributed by atoms with van der Waals surface area (Å²) in [5, 5.41) is 22.3. The summed E-state index contributed by atoms with van der Waals surface area (Å²) in [7, 11) is 1.23. The fourth-order valence-electron chi connectivity index (χ4n) is 0.815. The van der Waals surface area contributed by atoms with Gasteiger partial charge >= 0.3 is 5.97 Å². The first kappa shape index (κ1) is 9.97. The molecule has 1 rings (SSSR count). The summed E-state index contributed by atoms with van der Waals surface area (Å²) >= 11 is 0. The van der Waals surface area contributed by atoms with Crippen LogP contribution in [0.25, 0.3) is 0 Å². The van der Waals surface area contributed by atoms with Crippen molar-refractivity contribution in [2.24, 2.45) is 5.22 Å². The lowest BCUT2D eigenvalue weighted by atomic mass is 10.2. The van der Waals surface area contributed by atoms with Crippen LogP contribution in [0.5, 0.6) is 0 Å². The number of carboxylic acid groups (broad SMARTS) is 1. The third-order valence-electron chi connectivity index (χ3n) is 1.45. The molecule has 6 heteroatoms. The maximum absolute atomic E-state index is 10.5. The lowest BCUT2D eigenvalue weighted by Gasteiger charge is -1.98. The first-order valence-corrected chi connectivity index (χ1v) is 3.80. The summed E-state index contributed by atoms with van der Waals surface area (Å²) in [5.41, 5.74) is 3.20. The van der Waals surface area contributed by atoms with E-state index in [0.717, 1.165) is 0 Å². The number of rotatable bonds is 3. The number of hydrogen-bond donors (Lipinski definition) is 2. The monoisotopic (exact) mass is 195 g/mol. The molecule has 0 saturated heterocycles. The third-order valence-corrected chi connectivity index (χ3v) is 1.45. The van der Waals surface area contributed by atoms with E-state index >= 15 is 0 Å². The fraction of sp³-hybridized carbons (Fsp3) is 0.125. The number of hydroxylamine groups is 1. The van der Waals surface area contributed by atoms with Gasteiger partial charge < -0.3 is 10.3 Å². The van der Waals surface area contributed by atoms with Crippen molar-refractivity contribution in [3.8, 4) is 0 Å². The highest BCUT2D eigenvalue weighted by Crippen LogP contribution is 2.09. The summed E-state index contributed by atoms with van der Waals surface area (Å²) in [6.07, 6.45) is 0. The van der Waals surface area contributed by atoms with E-state index in [2.05, 4.69) is 10.6 Å². The summed E-state index contributed by atoms with van der Waals surface area (Å²) in [5.74, 6) is -0.991. The van der Waals surface area contributed by atoms with Crippen LogP contribution in [0.3, 0.4) is 0 Å². The number of hydrogen-bond acceptors (Lipinski definition) is 3. The van der Waals surface area contributed by atoms with E-state index in [4.69, 9.17) is 5.11 Å². The van der Waals surface area contributed by atoms with Gasteiger partial charge in [0.05, 0.1) is 10.8 Å². The molecule has 6 nitrogen and oxygen atoms in total. The molecule has 0 aliphatic rings. The second-order valence-electron chi connectivity index (χ2n) is 2.56. The van der Waals surface area contributed by atoms with Crippen molar-refractivity contribution in [3.05, 3.63) is 35.0 Å². The Kier molecular flexibility index (Phi) is 3.01. The lowest BCUT2D eigenvalue weighted by molar-refractivity contribution is -0.497. The van der Waals surface area contributed by atoms with E-state index in [9.17, 15) is 10.0 Å². The Balaban J connectivity index is 2.74. The minimum absolute atomic E-state index is 0.186. The minimum atomic E-state index is -0.991. The van der Waals surface area contributed by atoms with Crippen LogP contribution in [0.4, 0.5) is 5.69 Å². The molecular weight excluding hydrogens is 186 g/mol. The molecule has 0 aromatic heterocycles. The first-order chi connectivity index (χ1) is 6.59. The maximum Gasteiger partial charge on any atom is 0.335 e. The van der Waals surface area contributed by atoms with Crippen LogP contribution >= 0.6 is 0 Å². The van der Waals surface area contributed by atoms with Crippen LogP contribution < -0.4 is 5.43 Å². The highest BCUT2D eigenvalue weighted by molar-refractivity contribution is 5.87. The molecule has 0 unspecified atom stereocenters. The summed E-state index contributed by atoms with van der Waals surface area (Å²) in [4.78, 5) is 10.8. The Morgan fingerprint density at radius 2 is 2.07 bits per heavy atom. The second kappa shape index (κ2) is 4.22. The van der Waals surface area contributed by atoms with Crippen LogP contribution in [0.2, 0.25) is 0 Å². The number of nitrogens with one attached hydrogen (secondary N) is 1. The van der Waals surface area contributed by atoms with E-state index in [-0.39, 0.29) is 5.56 Å². The van der Waals surface area contributed by atoms with Crippen LogP contribution in [0.1, 0.15) is 10.4 Å². The molecule has 0 aliphatic heterocycles. The van der Waals surface area contributed by atoms with Gasteiger partial charge in [0, 0.05) is 0 Å². The minimum Gasteiger partial charge on any atom is -0.696 e. The zero-order valence-corrected chi connectivity index (χ0v) is 7.47. The predicted octanol–water partition coefficient (Wildman–Crippen LogP) is 1.30. The van der Waals surface area contributed by atoms with Crippen LogP contribution in [-0.4, -0.2) is 23.0 Å². The van der Waals surface area contributed by atoms with Gasteiger partial charge in [0.25, 0.3) is 0 Å². The SMILES string of the molecule is C/[N+]([O-])=N/Nc1ccc(C(=O)O)cc1. The van der Waals surface area contributed by atoms with Crippen molar-refractivity contribution in [1.82, 2.24) is 0 Å². The van der Waals surface area contributed by atoms with Crippen molar-refractivity contribution in [1.29, 1.82) is 0 Å². The van der Waals surface area contributed by atoms with E-state index in [0.29, 0.717) is 10.5 Å². The van der Waals surface area contributed by atoms with Gasteiger partial charge in [-0.05, 0) is 24.3 Å². The highest BCUT2D eigenvalue weighted by atomic mass is 16.5. The number of aromatic carboxylic acids is 1. The average Bonchev–Trinajstić information content (AvgIpc) is 2.15. The standard InChI is InChI=1S/C8H9N3O3/c1-11(14)10-9-7-4-2-6(3-5-7)8(12)13/h2-5,9H,1H3,(H,12,13)/b11-10-. The molecule has 1 aromatic rings. The van der Waals surface area contributed by atoms with Gasteiger partial charge in [-0.25, -0.2) is 4.79 Å². The molecule has 0 aliphatic carbocycles. The molecule has 0 bridgehead atoms. The van der Waals surface area contributed by atoms with Gasteiger partial charge in [-0.1, -0.05) is 0 Å². The molecule has 0 fully saturated rings. The zero-order chi connectivity index (χ0) is 10.6. The first-order valence-electron chi connectivity index (χ1n) is 3.80. The summed E-state index contributed by atoms with van der Waals surface area (Å²) in [6, 6.07) is 5.89. The lowest BCUT2D eigenvalue weighted by Crippen LogP contribution is -1.98. The van der Waals surface area contributed by atoms with Crippen molar-refractivity contribution in [2.45, 2.75) is 0 Å². The molecule has 0 radical (unpaired) electrons. The van der Waals surface area contributed by atoms with E-state index in [1.807, 2.05) is 0 Å². The molecule has 14 heavy (non-hydrogen) atoms. The summed E-state index contributed by atoms with van der Waals surface area (Å²) in [6.45, 7) is 0. The number of benzene rings is 1. The van der Waals surface area contributed by atoms with Gasteiger partial charge in [-0.3, -0.25) is 0 Å². The maximum atomic E-state index is 10.5. The molecule has 0 amide bonds. The van der Waals surface area contributed by atoms with Crippen molar-refractivity contribution < 1.29 is 14.8 Å². The van der Waals surface area contributed by atoms with E-state index in [1.54, 1.807) is 0 Å². The number of carboxylic acids is 1. The Hall–Kier alpha value is -2.11. The second-order valence-corrected chi connectivity index (χ2v) is 2.56. The largest absolute Gasteiger partial charge is 0.696 e. The molecule has 2 N–H and O–H groups in total. The van der Waals surface area contributed by atoms with E-state index < -0.39 is 5.97 Å². The number of nitrogens with zero attached hydrogens (tertiary/aromatic N) is 2. The molecule has 0 saturated carbocycles. The van der Waals surface area contributed by atoms with Gasteiger partial charge in [0.1, 0.15) is 12.7 Å². The van der Waals surface area contributed by atoms with Crippen LogP contribution in [0, 0.1) is 5.21 Å². The zero-order valence-electron chi connectivity index (χ0n) is 7.47. The Labute approximate surface area is 80.0 Å². The molecule has 0 heterocycles. The number of anilines is 1.